The molecular formula is C17H23FN2O5S. The molecule has 1 aliphatic rings. The van der Waals surface area contributed by atoms with Crippen LogP contribution in [-0.2, 0) is 14.6 Å². The summed E-state index contributed by atoms with van der Waals surface area (Å²) in [6.45, 7) is 1.66. The van der Waals surface area contributed by atoms with Crippen molar-refractivity contribution in [2.45, 2.75) is 49.6 Å². The summed E-state index contributed by atoms with van der Waals surface area (Å²) >= 11 is 0. The average Bonchev–Trinajstić information content (AvgIpc) is 2.53. The minimum Gasteiger partial charge on any atom is -0.481 e. The lowest BCUT2D eigenvalue weighted by atomic mass is 9.86. The quantitative estimate of drug-likeness (QED) is 0.718. The third kappa shape index (κ3) is 5.17. The Balaban J connectivity index is 1.91. The number of hydrogen-bond donors (Lipinski definition) is 3. The van der Waals surface area contributed by atoms with Gasteiger partial charge < -0.3 is 15.7 Å². The van der Waals surface area contributed by atoms with Gasteiger partial charge in [-0.15, -0.1) is 0 Å². The van der Waals surface area contributed by atoms with Crippen LogP contribution in [0.15, 0.2) is 23.1 Å². The molecule has 26 heavy (non-hydrogen) atoms. The highest BCUT2D eigenvalue weighted by Crippen LogP contribution is 2.24. The molecule has 0 saturated heterocycles. The van der Waals surface area contributed by atoms with E-state index in [1.165, 1.54) is 12.1 Å². The summed E-state index contributed by atoms with van der Waals surface area (Å²) in [5, 5.41) is 14.5. The SMILES string of the molecule is CC(NC(=O)NC1CCC(C(=O)O)CC1)c1ccc(S(C)(=O)=O)c(F)c1. The van der Waals surface area contributed by atoms with Gasteiger partial charge >= 0.3 is 12.0 Å². The summed E-state index contributed by atoms with van der Waals surface area (Å²) in [6, 6.07) is 2.70. The number of urea groups is 1. The fourth-order valence-electron chi connectivity index (χ4n) is 3.08. The lowest BCUT2D eigenvalue weighted by molar-refractivity contribution is -0.142. The topological polar surface area (TPSA) is 113 Å². The second kappa shape index (κ2) is 8.03. The number of carbonyl (C=O) groups excluding carboxylic acids is 1. The third-order valence-electron chi connectivity index (χ3n) is 4.61. The van der Waals surface area contributed by atoms with E-state index in [0.29, 0.717) is 31.2 Å². The fourth-order valence-corrected chi connectivity index (χ4v) is 3.81. The number of carboxylic acid groups (broad SMARTS) is 1. The van der Waals surface area contributed by atoms with Crippen molar-refractivity contribution in [2.75, 3.05) is 6.26 Å². The molecule has 1 saturated carbocycles. The predicted molar refractivity (Wildman–Crippen MR) is 93.0 cm³/mol. The molecule has 0 bridgehead atoms. The summed E-state index contributed by atoms with van der Waals surface area (Å²) in [6.07, 6.45) is 3.16. The molecule has 1 aromatic rings. The molecule has 0 aromatic heterocycles. The van der Waals surface area contributed by atoms with Crippen LogP contribution in [0, 0.1) is 11.7 Å². The molecule has 0 radical (unpaired) electrons. The first-order valence-corrected chi connectivity index (χ1v) is 10.3. The van der Waals surface area contributed by atoms with E-state index in [0.717, 1.165) is 12.3 Å². The second-order valence-electron chi connectivity index (χ2n) is 6.69. The Morgan fingerprint density at radius 1 is 1.23 bits per heavy atom. The van der Waals surface area contributed by atoms with E-state index >= 15 is 0 Å². The summed E-state index contributed by atoms with van der Waals surface area (Å²) in [5.74, 6) is -2.02. The van der Waals surface area contributed by atoms with E-state index in [2.05, 4.69) is 10.6 Å². The monoisotopic (exact) mass is 386 g/mol. The van der Waals surface area contributed by atoms with Gasteiger partial charge in [0.25, 0.3) is 0 Å². The zero-order valence-electron chi connectivity index (χ0n) is 14.7. The molecular weight excluding hydrogens is 363 g/mol. The number of halogens is 1. The van der Waals surface area contributed by atoms with Crippen LogP contribution in [0.3, 0.4) is 0 Å². The van der Waals surface area contributed by atoms with Crippen LogP contribution in [-0.4, -0.2) is 37.8 Å². The molecule has 144 valence electrons. The maximum Gasteiger partial charge on any atom is 0.315 e. The summed E-state index contributed by atoms with van der Waals surface area (Å²) < 4.78 is 36.8. The third-order valence-corrected chi connectivity index (χ3v) is 5.74. The number of amides is 2. The Labute approximate surface area is 151 Å². The molecule has 1 fully saturated rings. The van der Waals surface area contributed by atoms with Gasteiger partial charge in [-0.1, -0.05) is 6.07 Å². The van der Waals surface area contributed by atoms with Gasteiger partial charge in [0.05, 0.1) is 12.0 Å². The van der Waals surface area contributed by atoms with Gasteiger partial charge in [-0.3, -0.25) is 4.79 Å². The molecule has 7 nitrogen and oxygen atoms in total. The number of aliphatic carboxylic acids is 1. The van der Waals surface area contributed by atoms with E-state index in [1.807, 2.05) is 0 Å². The highest BCUT2D eigenvalue weighted by Gasteiger charge is 2.27. The maximum atomic E-state index is 14.0. The number of rotatable bonds is 5. The van der Waals surface area contributed by atoms with Gasteiger partial charge in [-0.05, 0) is 50.3 Å². The molecule has 3 N–H and O–H groups in total. The van der Waals surface area contributed by atoms with Crippen molar-refractivity contribution in [3.05, 3.63) is 29.6 Å². The smallest absolute Gasteiger partial charge is 0.315 e. The van der Waals surface area contributed by atoms with Crippen molar-refractivity contribution >= 4 is 21.8 Å². The molecule has 1 atom stereocenters. The number of nitrogens with one attached hydrogen (secondary N) is 2. The van der Waals surface area contributed by atoms with Gasteiger partial charge in [0.1, 0.15) is 10.7 Å². The van der Waals surface area contributed by atoms with Crippen molar-refractivity contribution in [3.63, 3.8) is 0 Å². The van der Waals surface area contributed by atoms with E-state index in [1.54, 1.807) is 6.92 Å². The van der Waals surface area contributed by atoms with E-state index in [4.69, 9.17) is 5.11 Å². The van der Waals surface area contributed by atoms with Crippen LogP contribution in [0.2, 0.25) is 0 Å². The minimum absolute atomic E-state index is 0.0952. The Kier molecular flexibility index (Phi) is 6.22. The maximum absolute atomic E-state index is 14.0. The lowest BCUT2D eigenvalue weighted by Crippen LogP contribution is -2.44. The number of carboxylic acids is 1. The highest BCUT2D eigenvalue weighted by atomic mass is 32.2. The van der Waals surface area contributed by atoms with Gasteiger partial charge in [0.15, 0.2) is 9.84 Å². The number of sulfone groups is 1. The summed E-state index contributed by atoms with van der Waals surface area (Å²) in [7, 11) is -3.65. The van der Waals surface area contributed by atoms with Crippen LogP contribution >= 0.6 is 0 Å². The first kappa shape index (κ1) is 20.2. The Bertz CT molecular complexity index is 788. The summed E-state index contributed by atoms with van der Waals surface area (Å²) in [5.41, 5.74) is 0.444. The molecule has 2 rings (SSSR count). The van der Waals surface area contributed by atoms with Crippen LogP contribution in [0.4, 0.5) is 9.18 Å². The molecule has 1 aliphatic carbocycles. The fraction of sp³-hybridized carbons (Fsp3) is 0.529. The van der Waals surface area contributed by atoms with Gasteiger partial charge in [-0.2, -0.15) is 0 Å². The van der Waals surface area contributed by atoms with E-state index in [9.17, 15) is 22.4 Å². The minimum atomic E-state index is -3.65. The highest BCUT2D eigenvalue weighted by molar-refractivity contribution is 7.90. The number of hydrogen-bond acceptors (Lipinski definition) is 4. The van der Waals surface area contributed by atoms with Crippen LogP contribution in [0.25, 0.3) is 0 Å². The van der Waals surface area contributed by atoms with Gasteiger partial charge in [0, 0.05) is 12.3 Å². The van der Waals surface area contributed by atoms with Crippen LogP contribution in [0.5, 0.6) is 0 Å². The Hall–Kier alpha value is -2.16. The molecule has 0 spiro atoms. The molecule has 9 heteroatoms. The molecule has 0 aliphatic heterocycles. The first-order chi connectivity index (χ1) is 12.1. The van der Waals surface area contributed by atoms with Crippen molar-refractivity contribution < 1.29 is 27.5 Å². The lowest BCUT2D eigenvalue weighted by Gasteiger charge is -2.27. The van der Waals surface area contributed by atoms with Crippen LogP contribution in [0.1, 0.15) is 44.2 Å². The zero-order chi connectivity index (χ0) is 19.5. The Morgan fingerprint density at radius 3 is 2.35 bits per heavy atom. The standard InChI is InChI=1S/C17H23FN2O5S/c1-10(12-5-8-15(14(18)9-12)26(2,24)25)19-17(23)20-13-6-3-11(4-7-13)16(21)22/h5,8-11,13H,3-4,6-7H2,1-2H3,(H,21,22)(H2,19,20,23). The summed E-state index contributed by atoms with van der Waals surface area (Å²) in [4.78, 5) is 22.6. The second-order valence-corrected chi connectivity index (χ2v) is 8.67. The Morgan fingerprint density at radius 2 is 1.85 bits per heavy atom. The van der Waals surface area contributed by atoms with Crippen molar-refractivity contribution in [3.8, 4) is 0 Å². The van der Waals surface area contributed by atoms with Crippen LogP contribution < -0.4 is 10.6 Å². The predicted octanol–water partition coefficient (Wildman–Crippen LogP) is 2.23. The van der Waals surface area contributed by atoms with E-state index in [-0.39, 0.29) is 16.9 Å². The largest absolute Gasteiger partial charge is 0.481 e. The molecule has 1 unspecified atom stereocenters. The van der Waals surface area contributed by atoms with Gasteiger partial charge in [-0.25, -0.2) is 17.6 Å². The zero-order valence-corrected chi connectivity index (χ0v) is 15.5. The van der Waals surface area contributed by atoms with Crippen molar-refractivity contribution in [1.82, 2.24) is 10.6 Å². The van der Waals surface area contributed by atoms with Crippen molar-refractivity contribution in [1.29, 1.82) is 0 Å². The van der Waals surface area contributed by atoms with Crippen molar-refractivity contribution in [2.24, 2.45) is 5.92 Å². The normalized spacial score (nSPS) is 21.7. The van der Waals surface area contributed by atoms with Gasteiger partial charge in [0.2, 0.25) is 0 Å². The molecule has 1 aromatic carbocycles. The number of benzene rings is 1. The molecule has 0 heterocycles. The van der Waals surface area contributed by atoms with E-state index < -0.39 is 33.7 Å². The average molecular weight is 386 g/mol. The number of carbonyl (C=O) groups is 2. The first-order valence-electron chi connectivity index (χ1n) is 8.37. The molecule has 2 amide bonds.